The highest BCUT2D eigenvalue weighted by atomic mass is 16.5. The van der Waals surface area contributed by atoms with Crippen LogP contribution in [0.25, 0.3) is 0 Å². The number of hydrogen-bond donors (Lipinski definition) is 1. The van der Waals surface area contributed by atoms with Gasteiger partial charge in [0.05, 0.1) is 6.10 Å². The lowest BCUT2D eigenvalue weighted by Crippen LogP contribution is -2.47. The molecule has 2 rings (SSSR count). The molecule has 1 saturated carbocycles. The van der Waals surface area contributed by atoms with Crippen molar-refractivity contribution < 1.29 is 9.84 Å². The zero-order chi connectivity index (χ0) is 14.1. The average Bonchev–Trinajstić information content (AvgIpc) is 2.39. The monoisotopic (exact) mass is 262 g/mol. The normalized spacial score (nSPS) is 32.3. The van der Waals surface area contributed by atoms with Crippen molar-refractivity contribution in [2.45, 2.75) is 51.7 Å². The molecule has 0 heterocycles. The van der Waals surface area contributed by atoms with Gasteiger partial charge in [0, 0.05) is 7.11 Å². The van der Waals surface area contributed by atoms with Crippen LogP contribution in [-0.2, 0) is 10.3 Å². The summed E-state index contributed by atoms with van der Waals surface area (Å²) in [6.45, 7) is 6.83. The topological polar surface area (TPSA) is 29.5 Å². The third-order valence-electron chi connectivity index (χ3n) is 4.69. The Bertz CT molecular complexity index is 407. The Hall–Kier alpha value is -0.860. The van der Waals surface area contributed by atoms with Gasteiger partial charge in [0.25, 0.3) is 0 Å². The van der Waals surface area contributed by atoms with Gasteiger partial charge in [-0.2, -0.15) is 0 Å². The molecule has 0 aliphatic heterocycles. The molecule has 1 aromatic carbocycles. The number of hydrogen-bond acceptors (Lipinski definition) is 2. The first-order chi connectivity index (χ1) is 8.88. The van der Waals surface area contributed by atoms with Gasteiger partial charge in [-0.05, 0) is 36.2 Å². The molecule has 1 aliphatic carbocycles. The van der Waals surface area contributed by atoms with E-state index in [9.17, 15) is 5.11 Å². The van der Waals surface area contributed by atoms with Crippen LogP contribution >= 0.6 is 0 Å². The Morgan fingerprint density at radius 3 is 2.37 bits per heavy atom. The predicted octanol–water partition coefficient (Wildman–Crippen LogP) is 3.74. The number of ether oxygens (including phenoxy) is 1. The number of methoxy groups -OCH3 is 1. The van der Waals surface area contributed by atoms with Crippen molar-refractivity contribution in [2.24, 2.45) is 11.3 Å². The van der Waals surface area contributed by atoms with Crippen molar-refractivity contribution in [2.75, 3.05) is 7.11 Å². The Morgan fingerprint density at radius 2 is 1.84 bits per heavy atom. The molecule has 106 valence electrons. The van der Waals surface area contributed by atoms with E-state index in [1.54, 1.807) is 7.11 Å². The predicted molar refractivity (Wildman–Crippen MR) is 77.9 cm³/mol. The van der Waals surface area contributed by atoms with Crippen LogP contribution in [0, 0.1) is 11.3 Å². The maximum atomic E-state index is 11.1. The minimum Gasteiger partial charge on any atom is -0.382 e. The fraction of sp³-hybridized carbons (Fsp3) is 0.647. The summed E-state index contributed by atoms with van der Waals surface area (Å²) in [5.74, 6) is 0.599. The molecule has 0 spiro atoms. The van der Waals surface area contributed by atoms with Crippen LogP contribution in [0.3, 0.4) is 0 Å². The van der Waals surface area contributed by atoms with Gasteiger partial charge in [-0.15, -0.1) is 0 Å². The van der Waals surface area contributed by atoms with Crippen LogP contribution in [0.2, 0.25) is 0 Å². The highest BCUT2D eigenvalue weighted by Gasteiger charge is 2.46. The highest BCUT2D eigenvalue weighted by Crippen LogP contribution is 2.46. The molecule has 0 aromatic heterocycles. The molecule has 0 saturated heterocycles. The van der Waals surface area contributed by atoms with Gasteiger partial charge in [-0.3, -0.25) is 0 Å². The van der Waals surface area contributed by atoms with Crippen LogP contribution < -0.4 is 0 Å². The first-order valence-electron chi connectivity index (χ1n) is 7.18. The minimum atomic E-state index is -0.836. The molecule has 2 heteroatoms. The van der Waals surface area contributed by atoms with Gasteiger partial charge in [-0.25, -0.2) is 0 Å². The second-order valence-electron chi connectivity index (χ2n) is 6.85. The third-order valence-corrected chi connectivity index (χ3v) is 4.69. The summed E-state index contributed by atoms with van der Waals surface area (Å²) in [7, 11) is 1.71. The van der Waals surface area contributed by atoms with Crippen molar-refractivity contribution in [3.8, 4) is 0 Å². The summed E-state index contributed by atoms with van der Waals surface area (Å²) in [4.78, 5) is 0. The first-order valence-corrected chi connectivity index (χ1v) is 7.18. The number of benzene rings is 1. The summed E-state index contributed by atoms with van der Waals surface area (Å²) >= 11 is 0. The maximum Gasteiger partial charge on any atom is 0.116 e. The fourth-order valence-electron chi connectivity index (χ4n) is 3.26. The van der Waals surface area contributed by atoms with Gasteiger partial charge >= 0.3 is 0 Å². The van der Waals surface area contributed by atoms with Crippen LogP contribution in [0.4, 0.5) is 0 Å². The van der Waals surface area contributed by atoms with Gasteiger partial charge in [0.2, 0.25) is 0 Å². The van der Waals surface area contributed by atoms with E-state index in [4.69, 9.17) is 4.74 Å². The maximum absolute atomic E-state index is 11.1. The highest BCUT2D eigenvalue weighted by molar-refractivity contribution is 5.25. The fourth-order valence-corrected chi connectivity index (χ4v) is 3.26. The van der Waals surface area contributed by atoms with Crippen molar-refractivity contribution in [1.82, 2.24) is 0 Å². The van der Waals surface area contributed by atoms with Crippen LogP contribution in [0.1, 0.15) is 45.6 Å². The lowest BCUT2D eigenvalue weighted by Gasteiger charge is -2.46. The zero-order valence-electron chi connectivity index (χ0n) is 12.5. The zero-order valence-corrected chi connectivity index (χ0v) is 12.5. The van der Waals surface area contributed by atoms with Gasteiger partial charge in [0.15, 0.2) is 0 Å². The summed E-state index contributed by atoms with van der Waals surface area (Å²) in [6, 6.07) is 9.95. The Morgan fingerprint density at radius 1 is 1.21 bits per heavy atom. The quantitative estimate of drug-likeness (QED) is 0.880. The molecule has 0 radical (unpaired) electrons. The summed E-state index contributed by atoms with van der Waals surface area (Å²) < 4.78 is 5.64. The van der Waals surface area contributed by atoms with Gasteiger partial charge in [-0.1, -0.05) is 51.1 Å². The summed E-state index contributed by atoms with van der Waals surface area (Å²) in [5, 5.41) is 11.1. The molecule has 0 amide bonds. The Balaban J connectivity index is 2.24. The van der Waals surface area contributed by atoms with Crippen LogP contribution in [0.5, 0.6) is 0 Å². The SMILES string of the molecule is COC1CC(C(C)(C)C)CCC1(O)c1ccccc1. The molecule has 2 nitrogen and oxygen atoms in total. The second kappa shape index (κ2) is 5.26. The van der Waals surface area contributed by atoms with E-state index < -0.39 is 5.60 Å². The molecule has 1 aromatic rings. The van der Waals surface area contributed by atoms with E-state index in [1.165, 1.54) is 0 Å². The van der Waals surface area contributed by atoms with Crippen molar-refractivity contribution >= 4 is 0 Å². The summed E-state index contributed by atoms with van der Waals surface area (Å²) in [5.41, 5.74) is 0.418. The van der Waals surface area contributed by atoms with Gasteiger partial charge < -0.3 is 9.84 Å². The van der Waals surface area contributed by atoms with Crippen molar-refractivity contribution in [3.05, 3.63) is 35.9 Å². The molecule has 0 bridgehead atoms. The standard InChI is InChI=1S/C17H26O2/c1-16(2,3)14-10-11-17(18,15(12-14)19-4)13-8-6-5-7-9-13/h5-9,14-15,18H,10-12H2,1-4H3. The molecular weight excluding hydrogens is 236 g/mol. The molecular formula is C17H26O2. The lowest BCUT2D eigenvalue weighted by molar-refractivity contribution is -0.143. The Kier molecular flexibility index (Phi) is 4.03. The number of rotatable bonds is 2. The van der Waals surface area contributed by atoms with E-state index in [0.29, 0.717) is 5.92 Å². The molecule has 19 heavy (non-hydrogen) atoms. The lowest BCUT2D eigenvalue weighted by atomic mass is 9.65. The molecule has 1 N–H and O–H groups in total. The second-order valence-corrected chi connectivity index (χ2v) is 6.85. The molecule has 3 unspecified atom stereocenters. The van der Waals surface area contributed by atoms with Gasteiger partial charge in [0.1, 0.15) is 5.60 Å². The van der Waals surface area contributed by atoms with E-state index in [2.05, 4.69) is 20.8 Å². The molecule has 3 atom stereocenters. The first kappa shape index (κ1) is 14.5. The van der Waals surface area contributed by atoms with Crippen LogP contribution in [0.15, 0.2) is 30.3 Å². The average molecular weight is 262 g/mol. The van der Waals surface area contributed by atoms with E-state index in [0.717, 1.165) is 24.8 Å². The third kappa shape index (κ3) is 2.85. The van der Waals surface area contributed by atoms with E-state index in [1.807, 2.05) is 30.3 Å². The molecule has 1 aliphatic rings. The van der Waals surface area contributed by atoms with Crippen molar-refractivity contribution in [3.63, 3.8) is 0 Å². The number of aliphatic hydroxyl groups is 1. The van der Waals surface area contributed by atoms with E-state index >= 15 is 0 Å². The smallest absolute Gasteiger partial charge is 0.116 e. The minimum absolute atomic E-state index is 0.118. The van der Waals surface area contributed by atoms with Crippen molar-refractivity contribution in [1.29, 1.82) is 0 Å². The molecule has 1 fully saturated rings. The largest absolute Gasteiger partial charge is 0.382 e. The summed E-state index contributed by atoms with van der Waals surface area (Å²) in [6.07, 6.45) is 2.63. The van der Waals surface area contributed by atoms with Crippen LogP contribution in [-0.4, -0.2) is 18.3 Å². The Labute approximate surface area is 116 Å². The van der Waals surface area contributed by atoms with E-state index in [-0.39, 0.29) is 11.5 Å².